The fraction of sp³-hybridized carbons (Fsp3) is 0.100. The summed E-state index contributed by atoms with van der Waals surface area (Å²) in [5, 5.41) is 7.40. The molecule has 3 aromatic rings. The number of nitrogens with one attached hydrogen (secondary N) is 2. The van der Waals surface area contributed by atoms with Crippen molar-refractivity contribution in [2.75, 3.05) is 5.32 Å². The first-order valence-corrected chi connectivity index (χ1v) is 7.79. The third kappa shape index (κ3) is 3.43. The largest absolute Gasteiger partial charge is 0.340 e. The zero-order valence-electron chi connectivity index (χ0n) is 13.3. The Labute approximate surface area is 140 Å². The highest BCUT2D eigenvalue weighted by Gasteiger charge is 2.18. The van der Waals surface area contributed by atoms with Crippen molar-refractivity contribution >= 4 is 28.3 Å². The minimum Gasteiger partial charge on any atom is -0.340 e. The van der Waals surface area contributed by atoms with Gasteiger partial charge in [0.2, 0.25) is 5.91 Å². The Balaban J connectivity index is 1.72. The molecule has 0 heterocycles. The van der Waals surface area contributed by atoms with Crippen LogP contribution in [0, 0.1) is 0 Å². The smallest absolute Gasteiger partial charge is 0.252 e. The number of rotatable bonds is 4. The van der Waals surface area contributed by atoms with E-state index in [9.17, 15) is 9.59 Å². The molecule has 2 N–H and O–H groups in total. The SMILES string of the molecule is CC(NC(=O)c1cccc2ccccc12)C(=O)Nc1ccccc1. The van der Waals surface area contributed by atoms with Crippen molar-refractivity contribution in [2.24, 2.45) is 0 Å². The van der Waals surface area contributed by atoms with Crippen molar-refractivity contribution in [3.63, 3.8) is 0 Å². The molecule has 0 aliphatic rings. The Morgan fingerprint density at radius 2 is 1.50 bits per heavy atom. The maximum atomic E-state index is 12.5. The van der Waals surface area contributed by atoms with Crippen LogP contribution in [-0.2, 0) is 4.79 Å². The van der Waals surface area contributed by atoms with Crippen LogP contribution in [-0.4, -0.2) is 17.9 Å². The number of benzene rings is 3. The van der Waals surface area contributed by atoms with Crippen LogP contribution in [0.15, 0.2) is 72.8 Å². The highest BCUT2D eigenvalue weighted by Crippen LogP contribution is 2.18. The molecule has 0 saturated carbocycles. The molecule has 3 rings (SSSR count). The molecule has 24 heavy (non-hydrogen) atoms. The van der Waals surface area contributed by atoms with Crippen LogP contribution < -0.4 is 10.6 Å². The van der Waals surface area contributed by atoms with Gasteiger partial charge in [0.05, 0.1) is 0 Å². The van der Waals surface area contributed by atoms with Gasteiger partial charge in [-0.3, -0.25) is 9.59 Å². The summed E-state index contributed by atoms with van der Waals surface area (Å²) in [6.45, 7) is 1.67. The first-order chi connectivity index (χ1) is 11.6. The highest BCUT2D eigenvalue weighted by molar-refractivity contribution is 6.08. The van der Waals surface area contributed by atoms with E-state index in [4.69, 9.17) is 0 Å². The molecule has 1 atom stereocenters. The van der Waals surface area contributed by atoms with E-state index in [1.165, 1.54) is 0 Å². The summed E-state index contributed by atoms with van der Waals surface area (Å²) in [5.41, 5.74) is 1.27. The highest BCUT2D eigenvalue weighted by atomic mass is 16.2. The first-order valence-electron chi connectivity index (χ1n) is 7.79. The van der Waals surface area contributed by atoms with E-state index >= 15 is 0 Å². The lowest BCUT2D eigenvalue weighted by atomic mass is 10.0. The standard InChI is InChI=1S/C20H18N2O2/c1-14(19(23)22-16-10-3-2-4-11-16)21-20(24)18-13-7-9-15-8-5-6-12-17(15)18/h2-14H,1H3,(H,21,24)(H,22,23). The second-order valence-electron chi connectivity index (χ2n) is 5.58. The van der Waals surface area contributed by atoms with Crippen molar-refractivity contribution in [3.05, 3.63) is 78.4 Å². The molecular formula is C20H18N2O2. The van der Waals surface area contributed by atoms with Crippen LogP contribution in [0.2, 0.25) is 0 Å². The minimum absolute atomic E-state index is 0.255. The molecule has 4 nitrogen and oxygen atoms in total. The van der Waals surface area contributed by atoms with Crippen molar-refractivity contribution in [1.29, 1.82) is 0 Å². The van der Waals surface area contributed by atoms with Gasteiger partial charge in [-0.1, -0.05) is 54.6 Å². The van der Waals surface area contributed by atoms with Crippen LogP contribution in [0.4, 0.5) is 5.69 Å². The molecule has 0 fully saturated rings. The Morgan fingerprint density at radius 3 is 2.29 bits per heavy atom. The number of anilines is 1. The Kier molecular flexibility index (Phi) is 4.57. The molecule has 0 aliphatic heterocycles. The van der Waals surface area contributed by atoms with Gasteiger partial charge in [0.25, 0.3) is 5.91 Å². The fourth-order valence-electron chi connectivity index (χ4n) is 2.54. The molecule has 3 aromatic carbocycles. The van der Waals surface area contributed by atoms with Crippen LogP contribution in [0.5, 0.6) is 0 Å². The van der Waals surface area contributed by atoms with Gasteiger partial charge in [0.15, 0.2) is 0 Å². The molecule has 0 bridgehead atoms. The maximum absolute atomic E-state index is 12.5. The number of para-hydroxylation sites is 1. The van der Waals surface area contributed by atoms with Crippen molar-refractivity contribution in [1.82, 2.24) is 5.32 Å². The summed E-state index contributed by atoms with van der Waals surface area (Å²) in [7, 11) is 0. The number of carbonyl (C=O) groups excluding carboxylic acids is 2. The molecule has 0 saturated heterocycles. The van der Waals surface area contributed by atoms with Crippen LogP contribution >= 0.6 is 0 Å². The van der Waals surface area contributed by atoms with E-state index < -0.39 is 6.04 Å². The lowest BCUT2D eigenvalue weighted by Gasteiger charge is -2.15. The van der Waals surface area contributed by atoms with Crippen molar-refractivity contribution in [3.8, 4) is 0 Å². The minimum atomic E-state index is -0.642. The zero-order chi connectivity index (χ0) is 16.9. The number of hydrogen-bond acceptors (Lipinski definition) is 2. The molecule has 4 heteroatoms. The molecule has 0 aromatic heterocycles. The summed E-state index contributed by atoms with van der Waals surface area (Å²) in [6, 6.07) is 21.8. The number of hydrogen-bond donors (Lipinski definition) is 2. The van der Waals surface area contributed by atoms with Gasteiger partial charge in [-0.2, -0.15) is 0 Å². The van der Waals surface area contributed by atoms with Gasteiger partial charge >= 0.3 is 0 Å². The Bertz CT molecular complexity index is 870. The summed E-state index contributed by atoms with van der Waals surface area (Å²) in [6.07, 6.45) is 0. The average Bonchev–Trinajstić information content (AvgIpc) is 2.62. The van der Waals surface area contributed by atoms with E-state index in [0.29, 0.717) is 11.3 Å². The molecule has 0 spiro atoms. The van der Waals surface area contributed by atoms with Gasteiger partial charge in [0, 0.05) is 11.3 Å². The van der Waals surface area contributed by atoms with E-state index in [1.54, 1.807) is 25.1 Å². The average molecular weight is 318 g/mol. The molecule has 0 aliphatic carbocycles. The van der Waals surface area contributed by atoms with Crippen LogP contribution in [0.25, 0.3) is 10.8 Å². The van der Waals surface area contributed by atoms with Crippen molar-refractivity contribution in [2.45, 2.75) is 13.0 Å². The number of fused-ring (bicyclic) bond motifs is 1. The van der Waals surface area contributed by atoms with E-state index in [-0.39, 0.29) is 11.8 Å². The van der Waals surface area contributed by atoms with E-state index in [2.05, 4.69) is 10.6 Å². The van der Waals surface area contributed by atoms with Crippen molar-refractivity contribution < 1.29 is 9.59 Å². The number of carbonyl (C=O) groups is 2. The summed E-state index contributed by atoms with van der Waals surface area (Å²) in [4.78, 5) is 24.8. The summed E-state index contributed by atoms with van der Waals surface area (Å²) in [5.74, 6) is -0.516. The third-order valence-corrected chi connectivity index (χ3v) is 3.82. The van der Waals surface area contributed by atoms with Gasteiger partial charge < -0.3 is 10.6 Å². The third-order valence-electron chi connectivity index (χ3n) is 3.82. The monoisotopic (exact) mass is 318 g/mol. The van der Waals surface area contributed by atoms with E-state index in [1.807, 2.05) is 54.6 Å². The topological polar surface area (TPSA) is 58.2 Å². The Morgan fingerprint density at radius 1 is 0.833 bits per heavy atom. The molecule has 2 amide bonds. The molecular weight excluding hydrogens is 300 g/mol. The molecule has 120 valence electrons. The van der Waals surface area contributed by atoms with Gasteiger partial charge in [0.1, 0.15) is 6.04 Å². The van der Waals surface area contributed by atoms with Gasteiger partial charge in [-0.25, -0.2) is 0 Å². The summed E-state index contributed by atoms with van der Waals surface area (Å²) >= 11 is 0. The van der Waals surface area contributed by atoms with Gasteiger partial charge in [-0.05, 0) is 35.9 Å². The quantitative estimate of drug-likeness (QED) is 0.772. The second-order valence-corrected chi connectivity index (χ2v) is 5.58. The predicted molar refractivity (Wildman–Crippen MR) is 95.9 cm³/mol. The van der Waals surface area contributed by atoms with Crippen LogP contribution in [0.3, 0.4) is 0 Å². The number of amides is 2. The zero-order valence-corrected chi connectivity index (χ0v) is 13.3. The summed E-state index contributed by atoms with van der Waals surface area (Å²) < 4.78 is 0. The molecule has 0 radical (unpaired) electrons. The predicted octanol–water partition coefficient (Wildman–Crippen LogP) is 3.60. The first kappa shape index (κ1) is 15.7. The van der Waals surface area contributed by atoms with E-state index in [0.717, 1.165) is 10.8 Å². The normalized spacial score (nSPS) is 11.7. The lowest BCUT2D eigenvalue weighted by molar-refractivity contribution is -0.117. The molecule has 1 unspecified atom stereocenters. The van der Waals surface area contributed by atoms with Crippen LogP contribution in [0.1, 0.15) is 17.3 Å². The maximum Gasteiger partial charge on any atom is 0.252 e. The Hall–Kier alpha value is -3.14. The fourth-order valence-corrected chi connectivity index (χ4v) is 2.54. The van der Waals surface area contributed by atoms with Gasteiger partial charge in [-0.15, -0.1) is 0 Å². The second kappa shape index (κ2) is 6.96. The lowest BCUT2D eigenvalue weighted by Crippen LogP contribution is -2.41.